The molecule has 0 spiro atoms. The van der Waals surface area contributed by atoms with E-state index in [0.717, 1.165) is 29.5 Å². The predicted molar refractivity (Wildman–Crippen MR) is 138 cm³/mol. The zero-order chi connectivity index (χ0) is 25.9. The van der Waals surface area contributed by atoms with Gasteiger partial charge in [-0.1, -0.05) is 50.2 Å². The Morgan fingerprint density at radius 1 is 1.25 bits per heavy atom. The van der Waals surface area contributed by atoms with Crippen molar-refractivity contribution >= 4 is 17.8 Å². The fraction of sp³-hybridized carbons (Fsp3) is 0.464. The van der Waals surface area contributed by atoms with Gasteiger partial charge in [0.05, 0.1) is 24.6 Å². The number of fused-ring (bicyclic) bond motifs is 1. The molecule has 2 aromatic rings. The van der Waals surface area contributed by atoms with E-state index < -0.39 is 23.7 Å². The topological polar surface area (TPSA) is 115 Å². The fourth-order valence-corrected chi connectivity index (χ4v) is 5.40. The standard InChI is InChI=1S/C28H36N4O4/c1-4-28(5-2)17-24(34)32(27(29)31-28)22(13-14-36-3)19-10-8-11-20(15-19)26(35)30-25-21-12-7-6-9-18(21)16-23(25)33/h6-12,15,22-23,25,33H,4-5,13-14,16-17H2,1-3H3,(H2,29,31)(H,30,35)/t22?,23-,25-/m1/s1. The normalized spacial score (nSPS) is 21.6. The summed E-state index contributed by atoms with van der Waals surface area (Å²) in [5.41, 5.74) is 2.76. The molecule has 8 heteroatoms. The van der Waals surface area contributed by atoms with Gasteiger partial charge in [0, 0.05) is 31.2 Å². The molecule has 2 amide bonds. The molecule has 8 nitrogen and oxygen atoms in total. The number of nitrogens with zero attached hydrogens (tertiary/aromatic N) is 1. The molecule has 1 unspecified atom stereocenters. The summed E-state index contributed by atoms with van der Waals surface area (Å²) in [7, 11) is 1.60. The quantitative estimate of drug-likeness (QED) is 0.428. The SMILES string of the molecule is CCC1(CC)CC(=O)N(C(CCOC)c2cccc(C(=O)N[C@@H]3c4ccccc4C[C@H]3O)c2)C(=N)N1. The first-order valence-electron chi connectivity index (χ1n) is 12.7. The first-order chi connectivity index (χ1) is 17.3. The first kappa shape index (κ1) is 25.9. The third-order valence-electron chi connectivity index (χ3n) is 7.67. The molecule has 0 aromatic heterocycles. The van der Waals surface area contributed by atoms with Gasteiger partial charge in [-0.2, -0.15) is 0 Å². The van der Waals surface area contributed by atoms with Crippen LogP contribution >= 0.6 is 0 Å². The van der Waals surface area contributed by atoms with Crippen molar-refractivity contribution in [2.24, 2.45) is 0 Å². The molecule has 36 heavy (non-hydrogen) atoms. The highest BCUT2D eigenvalue weighted by Crippen LogP contribution is 2.34. The summed E-state index contributed by atoms with van der Waals surface area (Å²) in [4.78, 5) is 28.0. The van der Waals surface area contributed by atoms with Crippen LogP contribution in [0, 0.1) is 5.41 Å². The molecule has 1 heterocycles. The maximum Gasteiger partial charge on any atom is 0.251 e. The van der Waals surface area contributed by atoms with E-state index in [1.54, 1.807) is 25.3 Å². The number of aliphatic hydroxyl groups is 1. The highest BCUT2D eigenvalue weighted by atomic mass is 16.5. The van der Waals surface area contributed by atoms with Gasteiger partial charge in [0.15, 0.2) is 5.96 Å². The van der Waals surface area contributed by atoms with Crippen LogP contribution in [0.3, 0.4) is 0 Å². The number of hydrogen-bond acceptors (Lipinski definition) is 5. The Labute approximate surface area is 212 Å². The number of methoxy groups -OCH3 is 1. The van der Waals surface area contributed by atoms with Gasteiger partial charge in [-0.05, 0) is 48.1 Å². The van der Waals surface area contributed by atoms with Gasteiger partial charge in [0.1, 0.15) is 0 Å². The first-order valence-corrected chi connectivity index (χ1v) is 12.7. The number of hydrogen-bond donors (Lipinski definition) is 4. The lowest BCUT2D eigenvalue weighted by Crippen LogP contribution is -2.62. The average molecular weight is 493 g/mol. The van der Waals surface area contributed by atoms with Crippen molar-refractivity contribution in [2.75, 3.05) is 13.7 Å². The monoisotopic (exact) mass is 492 g/mol. The van der Waals surface area contributed by atoms with Gasteiger partial charge in [-0.3, -0.25) is 19.9 Å². The molecular formula is C28H36N4O4. The second-order valence-electron chi connectivity index (χ2n) is 9.75. The van der Waals surface area contributed by atoms with Crippen LogP contribution in [0.25, 0.3) is 0 Å². The number of carbonyl (C=O) groups is 2. The molecular weight excluding hydrogens is 456 g/mol. The van der Waals surface area contributed by atoms with Crippen molar-refractivity contribution in [2.45, 2.75) is 69.7 Å². The smallest absolute Gasteiger partial charge is 0.251 e. The minimum atomic E-state index is -0.682. The van der Waals surface area contributed by atoms with E-state index in [1.807, 2.05) is 44.2 Å². The highest BCUT2D eigenvalue weighted by molar-refractivity contribution is 6.00. The number of amides is 2. The summed E-state index contributed by atoms with van der Waals surface area (Å²) in [6.45, 7) is 4.45. The molecule has 4 rings (SSSR count). The largest absolute Gasteiger partial charge is 0.390 e. The fourth-order valence-electron chi connectivity index (χ4n) is 5.40. The van der Waals surface area contributed by atoms with Crippen molar-refractivity contribution < 1.29 is 19.4 Å². The molecule has 1 saturated heterocycles. The summed E-state index contributed by atoms with van der Waals surface area (Å²) >= 11 is 0. The molecule has 0 radical (unpaired) electrons. The minimum Gasteiger partial charge on any atom is -0.390 e. The number of nitrogens with one attached hydrogen (secondary N) is 3. The van der Waals surface area contributed by atoms with Crippen LogP contribution in [0.4, 0.5) is 0 Å². The zero-order valence-corrected chi connectivity index (χ0v) is 21.2. The Hall–Kier alpha value is -3.23. The number of carbonyl (C=O) groups excluding carboxylic acids is 2. The van der Waals surface area contributed by atoms with Crippen LogP contribution < -0.4 is 10.6 Å². The van der Waals surface area contributed by atoms with Gasteiger partial charge < -0.3 is 20.5 Å². The van der Waals surface area contributed by atoms with Gasteiger partial charge >= 0.3 is 0 Å². The van der Waals surface area contributed by atoms with Gasteiger partial charge in [0.2, 0.25) is 5.91 Å². The van der Waals surface area contributed by atoms with Gasteiger partial charge in [0.25, 0.3) is 5.91 Å². The van der Waals surface area contributed by atoms with Crippen LogP contribution in [-0.2, 0) is 16.0 Å². The number of rotatable bonds is 9. The average Bonchev–Trinajstić information content (AvgIpc) is 3.20. The molecule has 1 aliphatic carbocycles. The van der Waals surface area contributed by atoms with Crippen LogP contribution in [0.5, 0.6) is 0 Å². The maximum atomic E-state index is 13.3. The summed E-state index contributed by atoms with van der Waals surface area (Å²) in [5.74, 6) is -0.321. The molecule has 1 fully saturated rings. The van der Waals surface area contributed by atoms with E-state index in [1.165, 1.54) is 4.90 Å². The molecule has 0 saturated carbocycles. The molecule has 4 N–H and O–H groups in total. The maximum absolute atomic E-state index is 13.3. The third kappa shape index (κ3) is 5.01. The van der Waals surface area contributed by atoms with Crippen molar-refractivity contribution in [3.05, 3.63) is 70.8 Å². The summed E-state index contributed by atoms with van der Waals surface area (Å²) < 4.78 is 5.31. The molecule has 2 aromatic carbocycles. The number of benzene rings is 2. The molecule has 2 aliphatic rings. The number of ether oxygens (including phenoxy) is 1. The van der Waals surface area contributed by atoms with E-state index in [9.17, 15) is 14.7 Å². The van der Waals surface area contributed by atoms with E-state index >= 15 is 0 Å². The second kappa shape index (κ2) is 10.8. The summed E-state index contributed by atoms with van der Waals surface area (Å²) in [6, 6.07) is 14.0. The molecule has 3 atom stereocenters. The Morgan fingerprint density at radius 3 is 2.69 bits per heavy atom. The Kier molecular flexibility index (Phi) is 7.76. The van der Waals surface area contributed by atoms with Crippen molar-refractivity contribution in [3.63, 3.8) is 0 Å². The lowest BCUT2D eigenvalue weighted by Gasteiger charge is -2.45. The lowest BCUT2D eigenvalue weighted by molar-refractivity contribution is -0.133. The van der Waals surface area contributed by atoms with Crippen LogP contribution in [0.15, 0.2) is 48.5 Å². The number of aliphatic hydroxyl groups excluding tert-OH is 1. The van der Waals surface area contributed by atoms with Crippen LogP contribution in [0.1, 0.15) is 78.7 Å². The molecule has 192 valence electrons. The molecule has 1 aliphatic heterocycles. The van der Waals surface area contributed by atoms with Crippen molar-refractivity contribution in [3.8, 4) is 0 Å². The predicted octanol–water partition coefficient (Wildman–Crippen LogP) is 3.47. The lowest BCUT2D eigenvalue weighted by atomic mass is 9.86. The summed E-state index contributed by atoms with van der Waals surface area (Å²) in [5, 5.41) is 25.5. The van der Waals surface area contributed by atoms with E-state index in [4.69, 9.17) is 10.1 Å². The zero-order valence-electron chi connectivity index (χ0n) is 21.2. The summed E-state index contributed by atoms with van der Waals surface area (Å²) in [6.07, 6.45) is 2.12. The Morgan fingerprint density at radius 2 is 2.00 bits per heavy atom. The Balaban J connectivity index is 1.58. The second-order valence-corrected chi connectivity index (χ2v) is 9.75. The van der Waals surface area contributed by atoms with Crippen molar-refractivity contribution in [1.29, 1.82) is 5.41 Å². The highest BCUT2D eigenvalue weighted by Gasteiger charge is 2.42. The van der Waals surface area contributed by atoms with Crippen LogP contribution in [-0.4, -0.2) is 53.1 Å². The van der Waals surface area contributed by atoms with E-state index in [2.05, 4.69) is 10.6 Å². The van der Waals surface area contributed by atoms with E-state index in [0.29, 0.717) is 31.4 Å². The molecule has 0 bridgehead atoms. The minimum absolute atomic E-state index is 0.0802. The van der Waals surface area contributed by atoms with Crippen LogP contribution in [0.2, 0.25) is 0 Å². The Bertz CT molecular complexity index is 1110. The van der Waals surface area contributed by atoms with Gasteiger partial charge in [-0.25, -0.2) is 0 Å². The number of guanidine groups is 1. The van der Waals surface area contributed by atoms with E-state index in [-0.39, 0.29) is 17.8 Å². The van der Waals surface area contributed by atoms with Gasteiger partial charge in [-0.15, -0.1) is 0 Å². The third-order valence-corrected chi connectivity index (χ3v) is 7.67. The van der Waals surface area contributed by atoms with Crippen molar-refractivity contribution in [1.82, 2.24) is 15.5 Å².